The first kappa shape index (κ1) is 31.4. The second-order valence-corrected chi connectivity index (χ2v) is 16.4. The predicted octanol–water partition coefficient (Wildman–Crippen LogP) is 11.6. The molecule has 7 aliphatic rings. The molecule has 6 aromatic rings. The van der Waals surface area contributed by atoms with Gasteiger partial charge in [0.15, 0.2) is 0 Å². The Hall–Kier alpha value is -6.78. The van der Waals surface area contributed by atoms with Crippen molar-refractivity contribution in [1.29, 1.82) is 0 Å². The van der Waals surface area contributed by atoms with Crippen LogP contribution >= 0.6 is 0 Å². The Balaban J connectivity index is 0.903. The van der Waals surface area contributed by atoms with Gasteiger partial charge in [0.2, 0.25) is 0 Å². The highest BCUT2D eigenvalue weighted by Gasteiger charge is 2.61. The van der Waals surface area contributed by atoms with Crippen LogP contribution in [0.1, 0.15) is 51.4 Å². The highest BCUT2D eigenvalue weighted by molar-refractivity contribution is 5.95. The van der Waals surface area contributed by atoms with Crippen LogP contribution in [0.3, 0.4) is 0 Å². The van der Waals surface area contributed by atoms with E-state index in [1.165, 1.54) is 73.0 Å². The van der Waals surface area contributed by atoms with E-state index in [1.807, 2.05) is 18.5 Å². The van der Waals surface area contributed by atoms with E-state index < -0.39 is 0 Å². The maximum Gasteiger partial charge on any atom is 0.0733 e. The molecule has 57 heavy (non-hydrogen) atoms. The third kappa shape index (κ3) is 4.07. The van der Waals surface area contributed by atoms with Crippen molar-refractivity contribution in [1.82, 2.24) is 9.97 Å². The van der Waals surface area contributed by atoms with Crippen LogP contribution in [0.4, 0.5) is 22.7 Å². The standard InChI is InChI=1S/C53H38N4/c1-5-16-43-37(11-1)38-12-2-6-17-44(38)53(43)45-30-29-40-39-13-3-7-18-46(39)57(51(40)49(45)42-15-9-32-55-52(42)53)36-27-23-34(24-28-36)33-21-25-35(26-22-33)56-47-19-8-4-14-41(47)50-48(56)20-10-31-54-50/h1-32,37,40-41,43,47,51H. The minimum atomic E-state index is -0.342. The third-order valence-corrected chi connectivity index (χ3v) is 13.9. The van der Waals surface area contributed by atoms with E-state index in [9.17, 15) is 0 Å². The fraction of sp³-hybridized carbons (Fsp3) is 0.132. The van der Waals surface area contributed by atoms with E-state index >= 15 is 0 Å². The minimum absolute atomic E-state index is 0.106. The zero-order chi connectivity index (χ0) is 37.2. The van der Waals surface area contributed by atoms with Crippen LogP contribution in [0.5, 0.6) is 0 Å². The quantitative estimate of drug-likeness (QED) is 0.181. The molecule has 4 heterocycles. The van der Waals surface area contributed by atoms with Gasteiger partial charge in [-0.1, -0.05) is 134 Å². The average molecular weight is 731 g/mol. The first-order chi connectivity index (χ1) is 28.3. The highest BCUT2D eigenvalue weighted by Crippen LogP contribution is 2.67. The molecule has 0 saturated carbocycles. The number of nitrogens with zero attached hydrogens (tertiary/aromatic N) is 4. The van der Waals surface area contributed by atoms with E-state index in [0.717, 1.165) is 5.69 Å². The first-order valence-electron chi connectivity index (χ1n) is 20.3. The predicted molar refractivity (Wildman–Crippen MR) is 230 cm³/mol. The van der Waals surface area contributed by atoms with Gasteiger partial charge >= 0.3 is 0 Å². The molecule has 4 nitrogen and oxygen atoms in total. The van der Waals surface area contributed by atoms with Crippen LogP contribution in [0.15, 0.2) is 200 Å². The van der Waals surface area contributed by atoms with Crippen LogP contribution < -0.4 is 9.80 Å². The van der Waals surface area contributed by atoms with Gasteiger partial charge in [-0.05, 0) is 87.5 Å². The van der Waals surface area contributed by atoms with Crippen molar-refractivity contribution in [2.75, 3.05) is 9.80 Å². The van der Waals surface area contributed by atoms with Gasteiger partial charge in [0.25, 0.3) is 0 Å². The number of aromatic nitrogens is 2. The van der Waals surface area contributed by atoms with Crippen molar-refractivity contribution in [3.05, 3.63) is 234 Å². The minimum Gasteiger partial charge on any atom is -0.333 e. The van der Waals surface area contributed by atoms with Crippen molar-refractivity contribution in [2.45, 2.75) is 35.3 Å². The lowest BCUT2D eigenvalue weighted by atomic mass is 9.65. The summed E-state index contributed by atoms with van der Waals surface area (Å²) in [5, 5.41) is 0. The normalized spacial score (nSPS) is 27.2. The van der Waals surface area contributed by atoms with Crippen LogP contribution in [0.2, 0.25) is 0 Å². The van der Waals surface area contributed by atoms with Gasteiger partial charge in [-0.2, -0.15) is 0 Å². The molecule has 7 atom stereocenters. The summed E-state index contributed by atoms with van der Waals surface area (Å²) in [5.74, 6) is 1.08. The molecule has 0 N–H and O–H groups in total. The fourth-order valence-corrected chi connectivity index (χ4v) is 11.8. The van der Waals surface area contributed by atoms with E-state index in [0.29, 0.717) is 5.92 Å². The summed E-state index contributed by atoms with van der Waals surface area (Å²) in [6.07, 6.45) is 27.1. The fourth-order valence-electron chi connectivity index (χ4n) is 11.8. The largest absolute Gasteiger partial charge is 0.333 e. The smallest absolute Gasteiger partial charge is 0.0733 e. The van der Waals surface area contributed by atoms with Crippen molar-refractivity contribution in [2.24, 2.45) is 5.92 Å². The van der Waals surface area contributed by atoms with Crippen molar-refractivity contribution < 1.29 is 0 Å². The summed E-state index contributed by atoms with van der Waals surface area (Å²) in [6.45, 7) is 0. The summed E-state index contributed by atoms with van der Waals surface area (Å²) >= 11 is 0. The molecule has 1 spiro atoms. The van der Waals surface area contributed by atoms with E-state index in [1.54, 1.807) is 0 Å². The number of benzene rings is 4. The summed E-state index contributed by atoms with van der Waals surface area (Å²) in [4.78, 5) is 15.2. The topological polar surface area (TPSA) is 32.3 Å². The summed E-state index contributed by atoms with van der Waals surface area (Å²) < 4.78 is 0. The first-order valence-corrected chi connectivity index (χ1v) is 20.3. The molecule has 0 fully saturated rings. The van der Waals surface area contributed by atoms with Gasteiger partial charge in [-0.3, -0.25) is 9.97 Å². The Bertz CT molecular complexity index is 2860. The van der Waals surface area contributed by atoms with Crippen LogP contribution in [-0.4, -0.2) is 22.1 Å². The van der Waals surface area contributed by atoms with Gasteiger partial charge in [0.1, 0.15) is 0 Å². The number of rotatable bonds is 3. The van der Waals surface area contributed by atoms with Gasteiger partial charge in [0.05, 0.1) is 34.6 Å². The molecule has 0 saturated heterocycles. The number of allylic oxidation sites excluding steroid dienone is 8. The molecule has 2 aliphatic heterocycles. The maximum absolute atomic E-state index is 5.31. The zero-order valence-electron chi connectivity index (χ0n) is 31.2. The second-order valence-electron chi connectivity index (χ2n) is 16.4. The van der Waals surface area contributed by atoms with Gasteiger partial charge in [0, 0.05) is 58.7 Å². The third-order valence-electron chi connectivity index (χ3n) is 13.9. The van der Waals surface area contributed by atoms with Gasteiger partial charge in [-0.15, -0.1) is 0 Å². The SMILES string of the molecule is C1=CC2c3ncccc3N(c3ccc(-c4ccc(N5c6ccccc6C6C=CC7=C(c8cccnc8C78c7ccccc7C7C=CC=CC78)C65)cc4)cc3)C2C=C1. The van der Waals surface area contributed by atoms with Gasteiger partial charge in [-0.25, -0.2) is 0 Å². The molecule has 4 aromatic carbocycles. The molecule has 7 unspecified atom stereocenters. The second kappa shape index (κ2) is 11.6. The highest BCUT2D eigenvalue weighted by atomic mass is 15.2. The molecule has 0 radical (unpaired) electrons. The summed E-state index contributed by atoms with van der Waals surface area (Å²) in [5.41, 5.74) is 17.6. The Morgan fingerprint density at radius 3 is 2.02 bits per heavy atom. The number of hydrogen-bond acceptors (Lipinski definition) is 4. The summed E-state index contributed by atoms with van der Waals surface area (Å²) in [6, 6.07) is 45.6. The zero-order valence-corrected chi connectivity index (χ0v) is 31.2. The van der Waals surface area contributed by atoms with E-state index in [-0.39, 0.29) is 35.3 Å². The monoisotopic (exact) mass is 730 g/mol. The average Bonchev–Trinajstić information content (AvgIpc) is 3.99. The number of para-hydroxylation sites is 1. The molecule has 0 bridgehead atoms. The van der Waals surface area contributed by atoms with E-state index in [2.05, 4.69) is 186 Å². The van der Waals surface area contributed by atoms with Crippen LogP contribution in [0, 0.1) is 5.92 Å². The lowest BCUT2D eigenvalue weighted by molar-refractivity contribution is 0.451. The molecule has 0 amide bonds. The maximum atomic E-state index is 5.31. The number of fused-ring (bicyclic) bond motifs is 16. The molecular weight excluding hydrogens is 693 g/mol. The molecular formula is C53H38N4. The molecule has 4 heteroatoms. The lowest BCUT2D eigenvalue weighted by Crippen LogP contribution is -2.37. The van der Waals surface area contributed by atoms with Crippen molar-refractivity contribution >= 4 is 28.3 Å². The van der Waals surface area contributed by atoms with Crippen molar-refractivity contribution in [3.63, 3.8) is 0 Å². The van der Waals surface area contributed by atoms with Crippen LogP contribution in [0.25, 0.3) is 16.7 Å². The van der Waals surface area contributed by atoms with Gasteiger partial charge < -0.3 is 9.80 Å². The Morgan fingerprint density at radius 1 is 0.509 bits per heavy atom. The number of pyridine rings is 2. The molecule has 13 rings (SSSR count). The molecule has 2 aromatic heterocycles. The number of hydrogen-bond donors (Lipinski definition) is 0. The number of anilines is 4. The Kier molecular flexibility index (Phi) is 6.41. The Labute approximate surface area is 332 Å². The molecule has 5 aliphatic carbocycles. The Morgan fingerprint density at radius 2 is 1.18 bits per heavy atom. The summed E-state index contributed by atoms with van der Waals surface area (Å²) in [7, 11) is 0. The van der Waals surface area contributed by atoms with Crippen molar-refractivity contribution in [3.8, 4) is 11.1 Å². The molecule has 270 valence electrons. The lowest BCUT2D eigenvalue weighted by Gasteiger charge is -2.38. The van der Waals surface area contributed by atoms with E-state index in [4.69, 9.17) is 9.97 Å². The van der Waals surface area contributed by atoms with Crippen LogP contribution in [-0.2, 0) is 5.41 Å².